The van der Waals surface area contributed by atoms with Crippen molar-refractivity contribution in [2.24, 2.45) is 17.6 Å². The molecule has 3 rings (SSSR count). The number of hydrogen-bond acceptors (Lipinski definition) is 3. The molecule has 1 saturated heterocycles. The molecule has 4 heteroatoms. The minimum absolute atomic E-state index is 0.355. The molecule has 2 atom stereocenters. The summed E-state index contributed by atoms with van der Waals surface area (Å²) in [7, 11) is 0. The Labute approximate surface area is 124 Å². The maximum absolute atomic E-state index is 6.24. The number of halogens is 1. The van der Waals surface area contributed by atoms with Crippen LogP contribution in [0.1, 0.15) is 31.2 Å². The first-order chi connectivity index (χ1) is 9.19. The van der Waals surface area contributed by atoms with Crippen molar-refractivity contribution in [3.05, 3.63) is 21.3 Å². The molecule has 0 spiro atoms. The van der Waals surface area contributed by atoms with Crippen molar-refractivity contribution < 1.29 is 0 Å². The van der Waals surface area contributed by atoms with E-state index in [1.165, 1.54) is 37.9 Å². The van der Waals surface area contributed by atoms with Gasteiger partial charge in [-0.3, -0.25) is 0 Å². The van der Waals surface area contributed by atoms with Crippen LogP contribution in [0.15, 0.2) is 11.4 Å². The molecule has 2 heterocycles. The maximum Gasteiger partial charge on any atom is 0.0931 e. The molecule has 106 valence electrons. The molecule has 2 fully saturated rings. The normalized spacial score (nSPS) is 29.4. The molecule has 1 saturated carbocycles. The molecule has 1 aromatic rings. The van der Waals surface area contributed by atoms with Crippen LogP contribution in [0.4, 0.5) is 0 Å². The number of nitrogens with zero attached hydrogens (tertiary/aromatic N) is 1. The summed E-state index contributed by atoms with van der Waals surface area (Å²) in [6.45, 7) is 3.59. The Balaban J connectivity index is 1.55. The van der Waals surface area contributed by atoms with E-state index in [0.29, 0.717) is 12.0 Å². The van der Waals surface area contributed by atoms with Gasteiger partial charge in [0, 0.05) is 25.7 Å². The first kappa shape index (κ1) is 13.9. The summed E-state index contributed by atoms with van der Waals surface area (Å²) in [6.07, 6.45) is 6.58. The highest BCUT2D eigenvalue weighted by Crippen LogP contribution is 2.30. The molecular weight excluding hydrogens is 276 g/mol. The average molecular weight is 299 g/mol. The van der Waals surface area contributed by atoms with Gasteiger partial charge in [0.2, 0.25) is 0 Å². The van der Waals surface area contributed by atoms with E-state index >= 15 is 0 Å². The van der Waals surface area contributed by atoms with Crippen LogP contribution in [0.3, 0.4) is 0 Å². The zero-order chi connectivity index (χ0) is 13.2. The van der Waals surface area contributed by atoms with Gasteiger partial charge in [-0.15, -0.1) is 11.3 Å². The van der Waals surface area contributed by atoms with Gasteiger partial charge in [0.1, 0.15) is 0 Å². The van der Waals surface area contributed by atoms with Crippen molar-refractivity contribution in [3.8, 4) is 0 Å². The second-order valence-electron chi connectivity index (χ2n) is 6.34. The molecule has 0 aromatic carbocycles. The lowest BCUT2D eigenvalue weighted by molar-refractivity contribution is 0.112. The number of piperidine rings is 1. The SMILES string of the molecule is NC1CC(Cc2csc(Cl)c2)CN(CC2CCC2)C1. The third-order valence-corrected chi connectivity index (χ3v) is 5.67. The quantitative estimate of drug-likeness (QED) is 0.923. The highest BCUT2D eigenvalue weighted by Gasteiger charge is 2.28. The van der Waals surface area contributed by atoms with Crippen LogP contribution >= 0.6 is 22.9 Å². The monoisotopic (exact) mass is 298 g/mol. The lowest BCUT2D eigenvalue weighted by atomic mass is 9.83. The van der Waals surface area contributed by atoms with E-state index in [2.05, 4.69) is 16.3 Å². The first-order valence-electron chi connectivity index (χ1n) is 7.40. The third kappa shape index (κ3) is 3.72. The Morgan fingerprint density at radius 3 is 2.79 bits per heavy atom. The second kappa shape index (κ2) is 6.13. The summed E-state index contributed by atoms with van der Waals surface area (Å²) in [5.74, 6) is 1.65. The molecule has 2 unspecified atom stereocenters. The molecule has 0 bridgehead atoms. The van der Waals surface area contributed by atoms with Gasteiger partial charge in [-0.05, 0) is 54.5 Å². The van der Waals surface area contributed by atoms with E-state index in [1.54, 1.807) is 11.3 Å². The van der Waals surface area contributed by atoms with Crippen LogP contribution in [0.25, 0.3) is 0 Å². The Morgan fingerprint density at radius 2 is 2.16 bits per heavy atom. The molecule has 1 aliphatic carbocycles. The van der Waals surface area contributed by atoms with Crippen molar-refractivity contribution in [1.82, 2.24) is 4.90 Å². The van der Waals surface area contributed by atoms with E-state index in [4.69, 9.17) is 17.3 Å². The molecule has 2 aliphatic rings. The predicted octanol–water partition coefficient (Wildman–Crippen LogP) is 3.39. The van der Waals surface area contributed by atoms with E-state index in [9.17, 15) is 0 Å². The number of likely N-dealkylation sites (tertiary alicyclic amines) is 1. The molecular formula is C15H23ClN2S. The van der Waals surface area contributed by atoms with Gasteiger partial charge < -0.3 is 10.6 Å². The fourth-order valence-electron chi connectivity index (χ4n) is 3.47. The molecule has 0 amide bonds. The van der Waals surface area contributed by atoms with Crippen molar-refractivity contribution in [1.29, 1.82) is 0 Å². The largest absolute Gasteiger partial charge is 0.327 e. The average Bonchev–Trinajstić information content (AvgIpc) is 2.69. The summed E-state index contributed by atoms with van der Waals surface area (Å²) >= 11 is 7.65. The smallest absolute Gasteiger partial charge is 0.0931 e. The van der Waals surface area contributed by atoms with E-state index in [0.717, 1.165) is 29.6 Å². The van der Waals surface area contributed by atoms with E-state index in [-0.39, 0.29) is 0 Å². The maximum atomic E-state index is 6.24. The van der Waals surface area contributed by atoms with Crippen LogP contribution < -0.4 is 5.73 Å². The van der Waals surface area contributed by atoms with E-state index < -0.39 is 0 Å². The van der Waals surface area contributed by atoms with Gasteiger partial charge in [0.15, 0.2) is 0 Å². The van der Waals surface area contributed by atoms with Crippen LogP contribution in [-0.4, -0.2) is 30.6 Å². The van der Waals surface area contributed by atoms with Crippen LogP contribution in [0.2, 0.25) is 4.34 Å². The Kier molecular flexibility index (Phi) is 4.47. The lowest BCUT2D eigenvalue weighted by Crippen LogP contribution is -2.49. The van der Waals surface area contributed by atoms with Crippen LogP contribution in [-0.2, 0) is 6.42 Å². The van der Waals surface area contributed by atoms with Gasteiger partial charge in [-0.25, -0.2) is 0 Å². The van der Waals surface area contributed by atoms with Crippen molar-refractivity contribution in [3.63, 3.8) is 0 Å². The standard InChI is InChI=1S/C15H23ClN2S/c16-15-6-13(10-19-15)4-12-5-14(17)9-18(8-12)7-11-2-1-3-11/h6,10-12,14H,1-5,7-9,17H2. The fraction of sp³-hybridized carbons (Fsp3) is 0.733. The van der Waals surface area contributed by atoms with Gasteiger partial charge >= 0.3 is 0 Å². The second-order valence-corrected chi connectivity index (χ2v) is 7.88. The number of nitrogens with two attached hydrogens (primary N) is 1. The predicted molar refractivity (Wildman–Crippen MR) is 82.9 cm³/mol. The number of thiophene rings is 1. The third-order valence-electron chi connectivity index (χ3n) is 4.53. The van der Waals surface area contributed by atoms with Gasteiger partial charge in [0.05, 0.1) is 4.34 Å². The lowest BCUT2D eigenvalue weighted by Gasteiger charge is -2.40. The molecule has 1 aromatic heterocycles. The fourth-order valence-corrected chi connectivity index (χ4v) is 4.39. The number of hydrogen-bond donors (Lipinski definition) is 1. The molecule has 2 nitrogen and oxygen atoms in total. The molecule has 19 heavy (non-hydrogen) atoms. The van der Waals surface area contributed by atoms with Crippen molar-refractivity contribution >= 4 is 22.9 Å². The Hall–Kier alpha value is -0.0900. The number of rotatable bonds is 4. The van der Waals surface area contributed by atoms with Gasteiger partial charge in [-0.2, -0.15) is 0 Å². The topological polar surface area (TPSA) is 29.3 Å². The van der Waals surface area contributed by atoms with Gasteiger partial charge in [-0.1, -0.05) is 18.0 Å². The van der Waals surface area contributed by atoms with Crippen LogP contribution in [0.5, 0.6) is 0 Å². The zero-order valence-corrected chi connectivity index (χ0v) is 12.9. The first-order valence-corrected chi connectivity index (χ1v) is 8.65. The van der Waals surface area contributed by atoms with Crippen LogP contribution in [0, 0.1) is 11.8 Å². The molecule has 2 N–H and O–H groups in total. The zero-order valence-electron chi connectivity index (χ0n) is 11.4. The minimum Gasteiger partial charge on any atom is -0.327 e. The van der Waals surface area contributed by atoms with Gasteiger partial charge in [0.25, 0.3) is 0 Å². The molecule has 0 radical (unpaired) electrons. The molecule has 1 aliphatic heterocycles. The summed E-state index contributed by atoms with van der Waals surface area (Å²) in [5.41, 5.74) is 7.63. The highest BCUT2D eigenvalue weighted by molar-refractivity contribution is 7.14. The van der Waals surface area contributed by atoms with Crippen molar-refractivity contribution in [2.75, 3.05) is 19.6 Å². The summed E-state index contributed by atoms with van der Waals surface area (Å²) < 4.78 is 0.904. The van der Waals surface area contributed by atoms with Crippen molar-refractivity contribution in [2.45, 2.75) is 38.1 Å². The summed E-state index contributed by atoms with van der Waals surface area (Å²) in [4.78, 5) is 2.61. The Morgan fingerprint density at radius 1 is 1.32 bits per heavy atom. The Bertz CT molecular complexity index is 416. The summed E-state index contributed by atoms with van der Waals surface area (Å²) in [6, 6.07) is 2.47. The highest BCUT2D eigenvalue weighted by atomic mass is 35.5. The van der Waals surface area contributed by atoms with E-state index in [1.807, 2.05) is 0 Å². The minimum atomic E-state index is 0.355. The summed E-state index contributed by atoms with van der Waals surface area (Å²) in [5, 5.41) is 2.19.